The Morgan fingerprint density at radius 1 is 1.08 bits per heavy atom. The number of benzene rings is 1. The number of ketones is 1. The number of alkyl halides is 3. The molecule has 4 nitrogen and oxygen atoms in total. The zero-order valence-corrected chi connectivity index (χ0v) is 15.7. The summed E-state index contributed by atoms with van der Waals surface area (Å²) < 4.78 is 37.8. The Kier molecular flexibility index (Phi) is 6.35. The van der Waals surface area contributed by atoms with Gasteiger partial charge in [-0.15, -0.1) is 23.5 Å². The van der Waals surface area contributed by atoms with Crippen molar-refractivity contribution in [1.29, 1.82) is 0 Å². The van der Waals surface area contributed by atoms with Crippen LogP contribution in [0.25, 0.3) is 0 Å². The second kappa shape index (κ2) is 8.13. The van der Waals surface area contributed by atoms with Crippen LogP contribution in [0.4, 0.5) is 18.9 Å². The Morgan fingerprint density at radius 3 is 2.19 bits per heavy atom. The van der Waals surface area contributed by atoms with E-state index in [4.69, 9.17) is 0 Å². The molecule has 1 heterocycles. The Balaban J connectivity index is 2.26. The third-order valence-corrected chi connectivity index (χ3v) is 4.85. The first kappa shape index (κ1) is 20.3. The molecule has 0 bridgehead atoms. The van der Waals surface area contributed by atoms with Crippen LogP contribution in [0.15, 0.2) is 40.3 Å². The highest BCUT2D eigenvalue weighted by Crippen LogP contribution is 2.34. The normalized spacial score (nSPS) is 11.3. The number of nitrogens with zero attached hydrogens (tertiary/aromatic N) is 1. The Labute approximate surface area is 157 Å². The van der Waals surface area contributed by atoms with Gasteiger partial charge in [0.1, 0.15) is 5.03 Å². The highest BCUT2D eigenvalue weighted by Gasteiger charge is 2.30. The van der Waals surface area contributed by atoms with Crippen LogP contribution < -0.4 is 5.32 Å². The molecule has 0 unspecified atom stereocenters. The lowest BCUT2D eigenvalue weighted by molar-refractivity contribution is -0.137. The van der Waals surface area contributed by atoms with Crippen LogP contribution in [0.2, 0.25) is 0 Å². The quantitative estimate of drug-likeness (QED) is 0.449. The summed E-state index contributed by atoms with van der Waals surface area (Å²) in [4.78, 5) is 29.6. The molecule has 0 atom stereocenters. The minimum atomic E-state index is -4.50. The topological polar surface area (TPSA) is 59.1 Å². The number of aromatic nitrogens is 1. The van der Waals surface area contributed by atoms with E-state index in [1.165, 1.54) is 23.5 Å². The number of pyridine rings is 1. The van der Waals surface area contributed by atoms with Crippen LogP contribution in [-0.4, -0.2) is 29.2 Å². The molecular formula is C17H15F3N2O2S2. The predicted octanol–water partition coefficient (Wildman–Crippen LogP) is 4.67. The lowest BCUT2D eigenvalue weighted by Crippen LogP contribution is -2.24. The summed E-state index contributed by atoms with van der Waals surface area (Å²) in [5.74, 6) is -1.85. The van der Waals surface area contributed by atoms with Crippen molar-refractivity contribution in [1.82, 2.24) is 4.98 Å². The van der Waals surface area contributed by atoms with Gasteiger partial charge in [0, 0.05) is 16.2 Å². The minimum Gasteiger partial charge on any atom is -0.316 e. The molecule has 0 aliphatic carbocycles. The Bertz CT molecular complexity index is 812. The predicted molar refractivity (Wildman–Crippen MR) is 96.9 cm³/mol. The van der Waals surface area contributed by atoms with Crippen molar-refractivity contribution in [3.63, 3.8) is 0 Å². The van der Waals surface area contributed by atoms with E-state index in [0.717, 1.165) is 34.9 Å². The molecule has 9 heteroatoms. The van der Waals surface area contributed by atoms with Crippen LogP contribution in [-0.2, 0) is 11.0 Å². The van der Waals surface area contributed by atoms with E-state index >= 15 is 0 Å². The Morgan fingerprint density at radius 2 is 1.69 bits per heavy atom. The summed E-state index contributed by atoms with van der Waals surface area (Å²) in [6, 6.07) is 5.30. The molecular weight excluding hydrogens is 385 g/mol. The van der Waals surface area contributed by atoms with Gasteiger partial charge in [-0.1, -0.05) is 12.1 Å². The van der Waals surface area contributed by atoms with Crippen LogP contribution in [0.1, 0.15) is 21.6 Å². The van der Waals surface area contributed by atoms with Crippen molar-refractivity contribution in [2.24, 2.45) is 0 Å². The van der Waals surface area contributed by atoms with E-state index < -0.39 is 23.4 Å². The molecule has 138 valence electrons. The van der Waals surface area contributed by atoms with E-state index in [2.05, 4.69) is 10.3 Å². The van der Waals surface area contributed by atoms with Crippen molar-refractivity contribution in [2.45, 2.75) is 23.0 Å². The molecule has 0 saturated carbocycles. The van der Waals surface area contributed by atoms with Gasteiger partial charge in [-0.25, -0.2) is 4.98 Å². The molecule has 0 spiro atoms. The molecule has 1 aromatic heterocycles. The van der Waals surface area contributed by atoms with Crippen molar-refractivity contribution in [2.75, 3.05) is 17.8 Å². The number of aryl methyl sites for hydroxylation is 1. The molecule has 0 aliphatic rings. The van der Waals surface area contributed by atoms with Gasteiger partial charge < -0.3 is 5.32 Å². The number of hydrogen-bond acceptors (Lipinski definition) is 5. The molecule has 2 aromatic rings. The number of rotatable bonds is 5. The largest absolute Gasteiger partial charge is 0.416 e. The summed E-state index contributed by atoms with van der Waals surface area (Å²) in [5.41, 5.74) is 0.185. The molecule has 0 aliphatic heterocycles. The third kappa shape index (κ3) is 4.59. The molecule has 0 fully saturated rings. The lowest BCUT2D eigenvalue weighted by atomic mass is 10.1. The maximum Gasteiger partial charge on any atom is 0.416 e. The van der Waals surface area contributed by atoms with Crippen LogP contribution >= 0.6 is 23.5 Å². The molecule has 0 radical (unpaired) electrons. The zero-order chi connectivity index (χ0) is 19.5. The summed E-state index contributed by atoms with van der Waals surface area (Å²) in [5, 5.41) is 3.09. The van der Waals surface area contributed by atoms with Crippen molar-refractivity contribution in [3.8, 4) is 0 Å². The standard InChI is InChI=1S/C17H15F3N2O2S2/c1-9-8-12(25-2)13(16(21-9)26-3)22-15(24)14(23)10-4-6-11(7-5-10)17(18,19)20/h4-8H,1-3H3,(H,22,24). The summed E-state index contributed by atoms with van der Waals surface area (Å²) >= 11 is 2.71. The first-order chi connectivity index (χ1) is 12.2. The number of hydrogen-bond donors (Lipinski definition) is 1. The van der Waals surface area contributed by atoms with Gasteiger partial charge >= 0.3 is 6.18 Å². The fourth-order valence-corrected chi connectivity index (χ4v) is 3.46. The van der Waals surface area contributed by atoms with Crippen molar-refractivity contribution in [3.05, 3.63) is 47.2 Å². The van der Waals surface area contributed by atoms with E-state index in [9.17, 15) is 22.8 Å². The second-order valence-electron chi connectivity index (χ2n) is 5.21. The van der Waals surface area contributed by atoms with Crippen molar-refractivity contribution >= 4 is 40.9 Å². The number of nitrogens with one attached hydrogen (secondary N) is 1. The first-order valence-corrected chi connectivity index (χ1v) is 9.75. The smallest absolute Gasteiger partial charge is 0.316 e. The van der Waals surface area contributed by atoms with Gasteiger partial charge in [0.2, 0.25) is 0 Å². The van der Waals surface area contributed by atoms with Gasteiger partial charge in [-0.3, -0.25) is 9.59 Å². The molecule has 0 saturated heterocycles. The monoisotopic (exact) mass is 400 g/mol. The molecule has 1 amide bonds. The maximum absolute atomic E-state index is 12.6. The molecule has 26 heavy (non-hydrogen) atoms. The van der Waals surface area contributed by atoms with Gasteiger partial charge in [0.15, 0.2) is 0 Å². The van der Waals surface area contributed by atoms with Crippen LogP contribution in [0.3, 0.4) is 0 Å². The fourth-order valence-electron chi connectivity index (χ4n) is 2.15. The average Bonchev–Trinajstić information content (AvgIpc) is 2.61. The zero-order valence-electron chi connectivity index (χ0n) is 14.1. The maximum atomic E-state index is 12.6. The Hall–Kier alpha value is -2.00. The van der Waals surface area contributed by atoms with E-state index in [1.807, 2.05) is 13.2 Å². The van der Waals surface area contributed by atoms with Gasteiger partial charge in [0.05, 0.1) is 11.3 Å². The molecule has 2 rings (SSSR count). The van der Waals surface area contributed by atoms with Gasteiger partial charge in [0.25, 0.3) is 11.7 Å². The van der Waals surface area contributed by atoms with E-state index in [0.29, 0.717) is 10.7 Å². The SMILES string of the molecule is CSc1cc(C)nc(SC)c1NC(=O)C(=O)c1ccc(C(F)(F)F)cc1. The molecule has 1 N–H and O–H groups in total. The van der Waals surface area contributed by atoms with E-state index in [1.54, 1.807) is 12.3 Å². The fraction of sp³-hybridized carbons (Fsp3) is 0.235. The summed E-state index contributed by atoms with van der Waals surface area (Å²) in [6.07, 6.45) is -0.886. The minimum absolute atomic E-state index is 0.119. The average molecular weight is 400 g/mol. The number of carbonyl (C=O) groups is 2. The van der Waals surface area contributed by atoms with Gasteiger partial charge in [-0.05, 0) is 37.6 Å². The number of amides is 1. The number of anilines is 1. The van der Waals surface area contributed by atoms with Crippen molar-refractivity contribution < 1.29 is 22.8 Å². The number of halogens is 3. The number of carbonyl (C=O) groups excluding carboxylic acids is 2. The number of Topliss-reactive ketones (excluding diaryl/α,β-unsaturated/α-hetero) is 1. The van der Waals surface area contributed by atoms with Crippen LogP contribution in [0, 0.1) is 6.92 Å². The summed E-state index contributed by atoms with van der Waals surface area (Å²) in [7, 11) is 0. The second-order valence-corrected chi connectivity index (χ2v) is 6.85. The van der Waals surface area contributed by atoms with Gasteiger partial charge in [-0.2, -0.15) is 13.2 Å². The molecule has 1 aromatic carbocycles. The van der Waals surface area contributed by atoms with E-state index in [-0.39, 0.29) is 5.56 Å². The highest BCUT2D eigenvalue weighted by molar-refractivity contribution is 7.99. The lowest BCUT2D eigenvalue weighted by Gasteiger charge is -2.13. The highest BCUT2D eigenvalue weighted by atomic mass is 32.2. The first-order valence-electron chi connectivity index (χ1n) is 7.30. The third-order valence-electron chi connectivity index (χ3n) is 3.41. The number of thioether (sulfide) groups is 2. The summed E-state index contributed by atoms with van der Waals surface area (Å²) in [6.45, 7) is 1.82. The van der Waals surface area contributed by atoms with Crippen LogP contribution in [0.5, 0.6) is 0 Å².